The quantitative estimate of drug-likeness (QED) is 0.675. The highest BCUT2D eigenvalue weighted by Crippen LogP contribution is 2.31. The molecular formula is C20H26N6O3. The number of nitrogens with zero attached hydrogens (tertiary/aromatic N) is 5. The van der Waals surface area contributed by atoms with Crippen LogP contribution in [0.15, 0.2) is 23.0 Å². The zero-order valence-corrected chi connectivity index (χ0v) is 17.0. The van der Waals surface area contributed by atoms with Crippen LogP contribution >= 0.6 is 0 Å². The van der Waals surface area contributed by atoms with E-state index in [1.165, 1.54) is 0 Å². The minimum Gasteiger partial charge on any atom is -0.496 e. The third kappa shape index (κ3) is 3.95. The van der Waals surface area contributed by atoms with Crippen LogP contribution in [-0.2, 0) is 13.1 Å². The summed E-state index contributed by atoms with van der Waals surface area (Å²) in [7, 11) is 3.37. The molecule has 4 rings (SSSR count). The third-order valence-electron chi connectivity index (χ3n) is 5.44. The lowest BCUT2D eigenvalue weighted by atomic mass is 9.97. The predicted molar refractivity (Wildman–Crippen MR) is 108 cm³/mol. The molecule has 0 unspecified atom stereocenters. The fraction of sp³-hybridized carbons (Fsp3) is 0.500. The molecule has 1 N–H and O–H groups in total. The Morgan fingerprint density at radius 1 is 1.24 bits per heavy atom. The van der Waals surface area contributed by atoms with Crippen LogP contribution in [0.1, 0.15) is 24.2 Å². The highest BCUT2D eigenvalue weighted by Gasteiger charge is 2.24. The fourth-order valence-electron chi connectivity index (χ4n) is 4.09. The summed E-state index contributed by atoms with van der Waals surface area (Å²) in [5, 5.41) is 8.20. The second-order valence-electron chi connectivity index (χ2n) is 7.48. The van der Waals surface area contributed by atoms with E-state index in [2.05, 4.69) is 25.2 Å². The van der Waals surface area contributed by atoms with Crippen LogP contribution in [0, 0.1) is 12.8 Å². The first-order valence-electron chi connectivity index (χ1n) is 9.81. The molecule has 0 saturated carbocycles. The molecule has 29 heavy (non-hydrogen) atoms. The molecule has 0 amide bonds. The summed E-state index contributed by atoms with van der Waals surface area (Å²) in [4.78, 5) is 21.6. The molecule has 1 saturated heterocycles. The Bertz CT molecular complexity index is 1040. The van der Waals surface area contributed by atoms with E-state index in [0.29, 0.717) is 29.5 Å². The number of aromatic nitrogens is 5. The van der Waals surface area contributed by atoms with E-state index >= 15 is 0 Å². The van der Waals surface area contributed by atoms with Gasteiger partial charge in [0.05, 0.1) is 19.8 Å². The largest absolute Gasteiger partial charge is 0.496 e. The van der Waals surface area contributed by atoms with Gasteiger partial charge in [-0.2, -0.15) is 0 Å². The lowest BCUT2D eigenvalue weighted by Crippen LogP contribution is -2.37. The first-order chi connectivity index (χ1) is 14.1. The SMILES string of the molecule is COc1cccc(OC)c1CN1CCC[C@H](Cn2nnc3c(=O)[nH]c(C)nc32)C1. The molecule has 3 heterocycles. The van der Waals surface area contributed by atoms with Crippen molar-refractivity contribution >= 4 is 11.2 Å². The second-order valence-corrected chi connectivity index (χ2v) is 7.48. The summed E-state index contributed by atoms with van der Waals surface area (Å²) < 4.78 is 12.8. The molecule has 2 aromatic heterocycles. The van der Waals surface area contributed by atoms with E-state index in [0.717, 1.165) is 49.5 Å². The van der Waals surface area contributed by atoms with Crippen LogP contribution in [0.25, 0.3) is 11.2 Å². The maximum absolute atomic E-state index is 12.0. The molecule has 0 radical (unpaired) electrons. The first-order valence-corrected chi connectivity index (χ1v) is 9.81. The Balaban J connectivity index is 1.51. The van der Waals surface area contributed by atoms with Crippen molar-refractivity contribution in [3.63, 3.8) is 0 Å². The summed E-state index contributed by atoms with van der Waals surface area (Å²) in [5.74, 6) is 2.65. The van der Waals surface area contributed by atoms with Gasteiger partial charge in [-0.25, -0.2) is 9.67 Å². The number of piperidine rings is 1. The Morgan fingerprint density at radius 3 is 2.72 bits per heavy atom. The Labute approximate surface area is 168 Å². The zero-order valence-electron chi connectivity index (χ0n) is 17.0. The van der Waals surface area contributed by atoms with Crippen molar-refractivity contribution in [1.29, 1.82) is 0 Å². The molecule has 1 aromatic carbocycles. The summed E-state index contributed by atoms with van der Waals surface area (Å²) in [6.45, 7) is 5.16. The molecule has 1 atom stereocenters. The van der Waals surface area contributed by atoms with Crippen LogP contribution in [0.4, 0.5) is 0 Å². The van der Waals surface area contributed by atoms with Gasteiger partial charge in [-0.1, -0.05) is 11.3 Å². The Hall–Kier alpha value is -2.94. The molecule has 154 valence electrons. The van der Waals surface area contributed by atoms with Crippen LogP contribution < -0.4 is 15.0 Å². The number of aryl methyl sites for hydroxylation is 1. The summed E-state index contributed by atoms with van der Waals surface area (Å²) in [6, 6.07) is 5.87. The van der Waals surface area contributed by atoms with Crippen molar-refractivity contribution in [2.75, 3.05) is 27.3 Å². The Kier molecular flexibility index (Phi) is 5.48. The van der Waals surface area contributed by atoms with E-state index in [1.54, 1.807) is 25.8 Å². The minimum atomic E-state index is -0.243. The summed E-state index contributed by atoms with van der Waals surface area (Å²) in [6.07, 6.45) is 2.20. The van der Waals surface area contributed by atoms with Crippen molar-refractivity contribution in [2.45, 2.75) is 32.9 Å². The predicted octanol–water partition coefficient (Wildman–Crippen LogP) is 1.75. The lowest BCUT2D eigenvalue weighted by molar-refractivity contribution is 0.151. The van der Waals surface area contributed by atoms with Crippen molar-refractivity contribution < 1.29 is 9.47 Å². The standard InChI is InChI=1S/C20H26N6O3/c1-13-21-19-18(20(27)22-13)23-24-26(19)11-14-6-5-9-25(10-14)12-15-16(28-2)7-4-8-17(15)29-3/h4,7-8,14H,5-6,9-12H2,1-3H3,(H,21,22,27)/t14-/m0/s1. The van der Waals surface area contributed by atoms with Gasteiger partial charge in [0.25, 0.3) is 5.56 Å². The number of fused-ring (bicyclic) bond motifs is 1. The summed E-state index contributed by atoms with van der Waals surface area (Å²) in [5.41, 5.74) is 1.66. The van der Waals surface area contributed by atoms with E-state index in [-0.39, 0.29) is 5.56 Å². The van der Waals surface area contributed by atoms with Crippen molar-refractivity contribution in [1.82, 2.24) is 29.9 Å². The number of hydrogen-bond acceptors (Lipinski definition) is 7. The zero-order chi connectivity index (χ0) is 20.4. The van der Waals surface area contributed by atoms with Gasteiger partial charge in [0.2, 0.25) is 0 Å². The average molecular weight is 398 g/mol. The molecule has 0 bridgehead atoms. The molecule has 1 aliphatic rings. The van der Waals surface area contributed by atoms with Crippen molar-refractivity contribution in [3.05, 3.63) is 39.9 Å². The fourth-order valence-corrected chi connectivity index (χ4v) is 4.09. The van der Waals surface area contributed by atoms with E-state index in [4.69, 9.17) is 9.47 Å². The number of nitrogens with one attached hydrogen (secondary N) is 1. The lowest BCUT2D eigenvalue weighted by Gasteiger charge is -2.33. The van der Waals surface area contributed by atoms with E-state index < -0.39 is 0 Å². The molecule has 0 aliphatic carbocycles. The molecule has 9 nitrogen and oxygen atoms in total. The van der Waals surface area contributed by atoms with Crippen LogP contribution in [0.2, 0.25) is 0 Å². The number of hydrogen-bond donors (Lipinski definition) is 1. The van der Waals surface area contributed by atoms with Gasteiger partial charge in [-0.05, 0) is 44.4 Å². The number of benzene rings is 1. The smallest absolute Gasteiger partial charge is 0.281 e. The van der Waals surface area contributed by atoms with Gasteiger partial charge in [-0.3, -0.25) is 9.69 Å². The van der Waals surface area contributed by atoms with Crippen molar-refractivity contribution in [2.24, 2.45) is 5.92 Å². The highest BCUT2D eigenvalue weighted by molar-refractivity contribution is 5.67. The maximum atomic E-state index is 12.0. The van der Waals surface area contributed by atoms with E-state index in [9.17, 15) is 4.79 Å². The molecule has 3 aromatic rings. The topological polar surface area (TPSA) is 98.2 Å². The molecule has 1 aliphatic heterocycles. The van der Waals surface area contributed by atoms with Gasteiger partial charge >= 0.3 is 0 Å². The van der Waals surface area contributed by atoms with E-state index in [1.807, 2.05) is 18.2 Å². The molecular weight excluding hydrogens is 372 g/mol. The van der Waals surface area contributed by atoms with Gasteiger partial charge in [0.15, 0.2) is 11.2 Å². The monoisotopic (exact) mass is 398 g/mol. The molecule has 9 heteroatoms. The number of likely N-dealkylation sites (tertiary alicyclic amines) is 1. The number of rotatable bonds is 6. The number of methoxy groups -OCH3 is 2. The third-order valence-corrected chi connectivity index (χ3v) is 5.44. The molecule has 0 spiro atoms. The van der Waals surface area contributed by atoms with Crippen LogP contribution in [-0.4, -0.2) is 57.2 Å². The van der Waals surface area contributed by atoms with Gasteiger partial charge in [-0.15, -0.1) is 5.10 Å². The number of aromatic amines is 1. The molecule has 1 fully saturated rings. The van der Waals surface area contributed by atoms with Gasteiger partial charge < -0.3 is 14.5 Å². The van der Waals surface area contributed by atoms with Crippen LogP contribution in [0.5, 0.6) is 11.5 Å². The number of H-pyrrole nitrogens is 1. The maximum Gasteiger partial charge on any atom is 0.281 e. The van der Waals surface area contributed by atoms with Gasteiger partial charge in [0.1, 0.15) is 17.3 Å². The normalized spacial score (nSPS) is 17.6. The van der Waals surface area contributed by atoms with Crippen LogP contribution in [0.3, 0.4) is 0 Å². The first kappa shape index (κ1) is 19.4. The second kappa shape index (κ2) is 8.20. The van der Waals surface area contributed by atoms with Gasteiger partial charge in [0, 0.05) is 19.6 Å². The summed E-state index contributed by atoms with van der Waals surface area (Å²) >= 11 is 0. The minimum absolute atomic E-state index is 0.243. The van der Waals surface area contributed by atoms with Crippen molar-refractivity contribution in [3.8, 4) is 11.5 Å². The highest BCUT2D eigenvalue weighted by atomic mass is 16.5. The average Bonchev–Trinajstić information content (AvgIpc) is 3.11. The Morgan fingerprint density at radius 2 is 2.00 bits per heavy atom. The number of ether oxygens (including phenoxy) is 2.